The first-order valence-electron chi connectivity index (χ1n) is 4.08. The van der Waals surface area contributed by atoms with E-state index in [0.29, 0.717) is 6.42 Å². The quantitative estimate of drug-likeness (QED) is 0.565. The molecule has 0 heterocycles. The van der Waals surface area contributed by atoms with Crippen LogP contribution in [0.4, 0.5) is 0 Å². The molecule has 0 aliphatic rings. The van der Waals surface area contributed by atoms with Crippen LogP contribution in [0.3, 0.4) is 0 Å². The van der Waals surface area contributed by atoms with Crippen molar-refractivity contribution in [3.8, 4) is 12.1 Å². The summed E-state index contributed by atoms with van der Waals surface area (Å²) in [4.78, 5) is 0. The van der Waals surface area contributed by atoms with Crippen LogP contribution in [0.15, 0.2) is 0 Å². The van der Waals surface area contributed by atoms with Crippen LogP contribution < -0.4 is 0 Å². The molecule has 0 aliphatic heterocycles. The molecule has 60 valence electrons. The largest absolute Gasteiger partial charge is 0.198 e. The molecule has 0 N–H and O–H groups in total. The van der Waals surface area contributed by atoms with Gasteiger partial charge in [-0.25, -0.2) is 0 Å². The minimum absolute atomic E-state index is 0.178. The van der Waals surface area contributed by atoms with E-state index in [1.807, 2.05) is 6.92 Å². The third-order valence-electron chi connectivity index (χ3n) is 1.65. The average molecular weight is 150 g/mol. The molecule has 0 amide bonds. The number of hydrogen-bond acceptors (Lipinski definition) is 2. The summed E-state index contributed by atoms with van der Waals surface area (Å²) in [6, 6.07) is 4.30. The maximum atomic E-state index is 8.44. The Morgan fingerprint density at radius 3 is 2.45 bits per heavy atom. The highest BCUT2D eigenvalue weighted by Crippen LogP contribution is 2.08. The molecule has 0 radical (unpaired) electrons. The topological polar surface area (TPSA) is 47.6 Å². The summed E-state index contributed by atoms with van der Waals surface area (Å²) in [7, 11) is 0. The minimum atomic E-state index is 0.178. The molecule has 0 fully saturated rings. The third kappa shape index (κ3) is 6.87. The molecule has 1 unspecified atom stereocenters. The fourth-order valence-electron chi connectivity index (χ4n) is 0.896. The van der Waals surface area contributed by atoms with E-state index in [9.17, 15) is 0 Å². The highest BCUT2D eigenvalue weighted by molar-refractivity contribution is 4.78. The van der Waals surface area contributed by atoms with Gasteiger partial charge in [0.25, 0.3) is 0 Å². The molecule has 11 heavy (non-hydrogen) atoms. The summed E-state index contributed by atoms with van der Waals surface area (Å²) < 4.78 is 0. The Labute approximate surface area is 68.4 Å². The van der Waals surface area contributed by atoms with Crippen molar-refractivity contribution >= 4 is 0 Å². The zero-order chi connectivity index (χ0) is 8.53. The van der Waals surface area contributed by atoms with Gasteiger partial charge in [-0.3, -0.25) is 0 Å². The molecule has 2 nitrogen and oxygen atoms in total. The molecule has 0 aromatic heterocycles. The fraction of sp³-hybridized carbons (Fsp3) is 0.778. The Kier molecular flexibility index (Phi) is 6.43. The molecular weight excluding hydrogens is 136 g/mol. The first-order chi connectivity index (χ1) is 5.31. The second-order valence-electron chi connectivity index (χ2n) is 2.79. The molecule has 0 aliphatic carbocycles. The van der Waals surface area contributed by atoms with Crippen molar-refractivity contribution in [3.05, 3.63) is 0 Å². The van der Waals surface area contributed by atoms with E-state index >= 15 is 0 Å². The molecule has 0 aromatic carbocycles. The first kappa shape index (κ1) is 9.98. The number of unbranched alkanes of at least 4 members (excludes halogenated alkanes) is 3. The molecule has 0 saturated carbocycles. The molecule has 2 heteroatoms. The SMILES string of the molecule is CC(C#N)CCCCCC#N. The maximum absolute atomic E-state index is 8.44. The molecule has 0 aromatic rings. The van der Waals surface area contributed by atoms with Gasteiger partial charge in [0.15, 0.2) is 0 Å². The van der Waals surface area contributed by atoms with Crippen molar-refractivity contribution in [2.75, 3.05) is 0 Å². The second kappa shape index (κ2) is 7.09. The zero-order valence-corrected chi connectivity index (χ0v) is 7.01. The summed E-state index contributed by atoms with van der Waals surface area (Å²) >= 11 is 0. The summed E-state index contributed by atoms with van der Waals surface area (Å²) in [6.45, 7) is 1.93. The van der Waals surface area contributed by atoms with Gasteiger partial charge in [0, 0.05) is 12.3 Å². The van der Waals surface area contributed by atoms with Gasteiger partial charge in [0.2, 0.25) is 0 Å². The zero-order valence-electron chi connectivity index (χ0n) is 7.01. The monoisotopic (exact) mass is 150 g/mol. The van der Waals surface area contributed by atoms with Crippen LogP contribution in [0, 0.1) is 28.6 Å². The van der Waals surface area contributed by atoms with Crippen molar-refractivity contribution in [2.45, 2.75) is 39.0 Å². The standard InChI is InChI=1S/C9H14N2/c1-9(8-11)6-4-2-3-5-7-10/h9H,2-6H2,1H3. The average Bonchev–Trinajstić information content (AvgIpc) is 2.04. The predicted octanol–water partition coefficient (Wildman–Crippen LogP) is 2.62. The lowest BCUT2D eigenvalue weighted by Crippen LogP contribution is -1.89. The van der Waals surface area contributed by atoms with Gasteiger partial charge in [-0.05, 0) is 19.8 Å². The van der Waals surface area contributed by atoms with E-state index < -0.39 is 0 Å². The van der Waals surface area contributed by atoms with Gasteiger partial charge < -0.3 is 0 Å². The number of nitrogens with zero attached hydrogens (tertiary/aromatic N) is 2. The van der Waals surface area contributed by atoms with Gasteiger partial charge in [0.1, 0.15) is 0 Å². The van der Waals surface area contributed by atoms with Crippen molar-refractivity contribution in [1.82, 2.24) is 0 Å². The summed E-state index contributed by atoms with van der Waals surface area (Å²) in [5, 5.41) is 16.7. The molecule has 0 spiro atoms. The van der Waals surface area contributed by atoms with Crippen LogP contribution in [0.2, 0.25) is 0 Å². The molecule has 0 rings (SSSR count). The first-order valence-corrected chi connectivity index (χ1v) is 4.08. The van der Waals surface area contributed by atoms with Crippen molar-refractivity contribution in [3.63, 3.8) is 0 Å². The molecule has 0 bridgehead atoms. The third-order valence-corrected chi connectivity index (χ3v) is 1.65. The summed E-state index contributed by atoms with van der Waals surface area (Å²) in [6.07, 6.45) is 4.77. The van der Waals surface area contributed by atoms with E-state index in [2.05, 4.69) is 12.1 Å². The Balaban J connectivity index is 3.04. The predicted molar refractivity (Wildman–Crippen MR) is 43.5 cm³/mol. The number of nitriles is 2. The van der Waals surface area contributed by atoms with Gasteiger partial charge in [-0.15, -0.1) is 0 Å². The summed E-state index contributed by atoms with van der Waals surface area (Å²) in [5.41, 5.74) is 0. The van der Waals surface area contributed by atoms with Crippen LogP contribution in [-0.2, 0) is 0 Å². The van der Waals surface area contributed by atoms with Crippen molar-refractivity contribution in [1.29, 1.82) is 10.5 Å². The van der Waals surface area contributed by atoms with E-state index in [4.69, 9.17) is 10.5 Å². The van der Waals surface area contributed by atoms with Gasteiger partial charge in [0.05, 0.1) is 12.1 Å². The Morgan fingerprint density at radius 1 is 1.18 bits per heavy atom. The van der Waals surface area contributed by atoms with Crippen LogP contribution in [0.1, 0.15) is 39.0 Å². The fourth-order valence-corrected chi connectivity index (χ4v) is 0.896. The van der Waals surface area contributed by atoms with E-state index in [1.165, 1.54) is 0 Å². The van der Waals surface area contributed by atoms with Crippen LogP contribution in [0.5, 0.6) is 0 Å². The summed E-state index contributed by atoms with van der Waals surface area (Å²) in [5.74, 6) is 0.178. The van der Waals surface area contributed by atoms with Crippen molar-refractivity contribution < 1.29 is 0 Å². The Bertz CT molecular complexity index is 161. The van der Waals surface area contributed by atoms with E-state index in [1.54, 1.807) is 0 Å². The van der Waals surface area contributed by atoms with E-state index in [-0.39, 0.29) is 5.92 Å². The Morgan fingerprint density at radius 2 is 1.91 bits per heavy atom. The lowest BCUT2D eigenvalue weighted by atomic mass is 10.0. The highest BCUT2D eigenvalue weighted by Gasteiger charge is 1.97. The normalized spacial score (nSPS) is 11.5. The van der Waals surface area contributed by atoms with Gasteiger partial charge in [-0.2, -0.15) is 10.5 Å². The lowest BCUT2D eigenvalue weighted by molar-refractivity contribution is 0.576. The van der Waals surface area contributed by atoms with Gasteiger partial charge >= 0.3 is 0 Å². The van der Waals surface area contributed by atoms with Crippen LogP contribution in [0.25, 0.3) is 0 Å². The smallest absolute Gasteiger partial charge is 0.0652 e. The number of rotatable bonds is 5. The van der Waals surface area contributed by atoms with Crippen LogP contribution >= 0.6 is 0 Å². The van der Waals surface area contributed by atoms with Gasteiger partial charge in [-0.1, -0.05) is 12.8 Å². The number of hydrogen-bond donors (Lipinski definition) is 0. The Hall–Kier alpha value is -1.02. The maximum Gasteiger partial charge on any atom is 0.0652 e. The lowest BCUT2D eigenvalue weighted by Gasteiger charge is -1.99. The molecular formula is C9H14N2. The van der Waals surface area contributed by atoms with E-state index in [0.717, 1.165) is 25.7 Å². The highest BCUT2D eigenvalue weighted by atomic mass is 14.3. The van der Waals surface area contributed by atoms with Crippen molar-refractivity contribution in [2.24, 2.45) is 5.92 Å². The molecule has 0 saturated heterocycles. The second-order valence-corrected chi connectivity index (χ2v) is 2.79. The minimum Gasteiger partial charge on any atom is -0.198 e. The van der Waals surface area contributed by atoms with Crippen LogP contribution in [-0.4, -0.2) is 0 Å². The molecule has 1 atom stereocenters.